The fourth-order valence-corrected chi connectivity index (χ4v) is 3.69. The van der Waals surface area contributed by atoms with Gasteiger partial charge in [0.05, 0.1) is 26.3 Å². The molecule has 2 heterocycles. The van der Waals surface area contributed by atoms with Gasteiger partial charge in [0.15, 0.2) is 0 Å². The zero-order chi connectivity index (χ0) is 21.0. The summed E-state index contributed by atoms with van der Waals surface area (Å²) in [6.45, 7) is 9.32. The van der Waals surface area contributed by atoms with Crippen LogP contribution in [0.5, 0.6) is 11.9 Å². The van der Waals surface area contributed by atoms with E-state index in [1.54, 1.807) is 7.11 Å². The molecule has 3 rings (SSSR count). The van der Waals surface area contributed by atoms with Crippen LogP contribution < -0.4 is 9.47 Å². The van der Waals surface area contributed by atoms with Gasteiger partial charge in [-0.25, -0.2) is 4.98 Å². The molecule has 29 heavy (non-hydrogen) atoms. The van der Waals surface area contributed by atoms with E-state index in [1.165, 1.54) is 18.2 Å². The van der Waals surface area contributed by atoms with Crippen LogP contribution in [0.1, 0.15) is 35.3 Å². The van der Waals surface area contributed by atoms with Crippen molar-refractivity contribution in [3.05, 3.63) is 46.6 Å². The fourth-order valence-electron chi connectivity index (χ4n) is 3.69. The number of rotatable bonds is 6. The predicted octanol–water partition coefficient (Wildman–Crippen LogP) is 2.56. The Morgan fingerprint density at radius 3 is 2.28 bits per heavy atom. The Kier molecular flexibility index (Phi) is 6.69. The summed E-state index contributed by atoms with van der Waals surface area (Å²) in [5.41, 5.74) is 4.00. The molecule has 1 saturated heterocycles. The standard InChI is InChI=1S/C22H30N4O3/c1-15-6-8-18(9-7-15)17(3)25-10-12-26(13-11-25)20(27)14-19-16(2)23-22(29-5)24-21(19)28-4/h6-9,17H,10-14H2,1-5H3/t17-/m1/s1. The van der Waals surface area contributed by atoms with Crippen LogP contribution in [-0.2, 0) is 11.2 Å². The summed E-state index contributed by atoms with van der Waals surface area (Å²) in [4.78, 5) is 25.7. The molecule has 1 amide bonds. The Bertz CT molecular complexity index is 846. The number of aryl methyl sites for hydroxylation is 2. The van der Waals surface area contributed by atoms with E-state index >= 15 is 0 Å². The van der Waals surface area contributed by atoms with Gasteiger partial charge in [-0.1, -0.05) is 29.8 Å². The molecule has 0 radical (unpaired) electrons. The maximum Gasteiger partial charge on any atom is 0.319 e. The highest BCUT2D eigenvalue weighted by atomic mass is 16.5. The molecular formula is C22H30N4O3. The minimum absolute atomic E-state index is 0.0720. The van der Waals surface area contributed by atoms with E-state index in [2.05, 4.69) is 53.0 Å². The summed E-state index contributed by atoms with van der Waals surface area (Å²) in [7, 11) is 3.05. The maximum atomic E-state index is 12.9. The highest BCUT2D eigenvalue weighted by Gasteiger charge is 2.26. The number of nitrogens with zero attached hydrogens (tertiary/aromatic N) is 4. The molecule has 1 aromatic heterocycles. The molecule has 1 fully saturated rings. The number of piperazine rings is 1. The third-order valence-electron chi connectivity index (χ3n) is 5.63. The van der Waals surface area contributed by atoms with E-state index in [0.29, 0.717) is 36.3 Å². The van der Waals surface area contributed by atoms with Crippen LogP contribution in [0.15, 0.2) is 24.3 Å². The van der Waals surface area contributed by atoms with Crippen molar-refractivity contribution in [1.82, 2.24) is 19.8 Å². The van der Waals surface area contributed by atoms with E-state index in [0.717, 1.165) is 13.1 Å². The third-order valence-corrected chi connectivity index (χ3v) is 5.63. The normalized spacial score (nSPS) is 15.8. The molecule has 0 saturated carbocycles. The number of amides is 1. The molecule has 0 spiro atoms. The second-order valence-electron chi connectivity index (χ2n) is 7.46. The first-order valence-electron chi connectivity index (χ1n) is 9.96. The highest BCUT2D eigenvalue weighted by Crippen LogP contribution is 2.24. The summed E-state index contributed by atoms with van der Waals surface area (Å²) < 4.78 is 10.4. The Hall–Kier alpha value is -2.67. The van der Waals surface area contributed by atoms with Gasteiger partial charge < -0.3 is 14.4 Å². The molecule has 2 aromatic rings. The number of ether oxygens (including phenoxy) is 2. The Labute approximate surface area is 172 Å². The molecular weight excluding hydrogens is 368 g/mol. The number of aromatic nitrogens is 2. The number of hydrogen-bond donors (Lipinski definition) is 0. The molecule has 0 N–H and O–H groups in total. The van der Waals surface area contributed by atoms with E-state index in [-0.39, 0.29) is 18.3 Å². The molecule has 1 aromatic carbocycles. The highest BCUT2D eigenvalue weighted by molar-refractivity contribution is 5.79. The van der Waals surface area contributed by atoms with Gasteiger partial charge in [0, 0.05) is 37.8 Å². The average Bonchev–Trinajstić information content (AvgIpc) is 2.75. The van der Waals surface area contributed by atoms with E-state index in [1.807, 2.05) is 11.8 Å². The minimum atomic E-state index is 0.0720. The van der Waals surface area contributed by atoms with Gasteiger partial charge >= 0.3 is 6.01 Å². The topological polar surface area (TPSA) is 67.8 Å². The summed E-state index contributed by atoms with van der Waals surface area (Å²) in [5, 5.41) is 0. The molecule has 1 aliphatic rings. The molecule has 1 atom stereocenters. The zero-order valence-corrected chi connectivity index (χ0v) is 17.9. The first kappa shape index (κ1) is 21.0. The molecule has 0 unspecified atom stereocenters. The van der Waals surface area contributed by atoms with Gasteiger partial charge in [0.1, 0.15) is 0 Å². The Balaban J connectivity index is 1.61. The lowest BCUT2D eigenvalue weighted by Crippen LogP contribution is -2.49. The SMILES string of the molecule is COc1nc(C)c(CC(=O)N2CCN([C@H](C)c3ccc(C)cc3)CC2)c(OC)n1. The molecule has 7 nitrogen and oxygen atoms in total. The van der Waals surface area contributed by atoms with Crippen molar-refractivity contribution >= 4 is 5.91 Å². The van der Waals surface area contributed by atoms with Crippen LogP contribution >= 0.6 is 0 Å². The van der Waals surface area contributed by atoms with Crippen molar-refractivity contribution in [2.75, 3.05) is 40.4 Å². The first-order chi connectivity index (χ1) is 13.9. The monoisotopic (exact) mass is 398 g/mol. The van der Waals surface area contributed by atoms with Crippen molar-refractivity contribution in [2.45, 2.75) is 33.2 Å². The molecule has 0 aliphatic carbocycles. The second kappa shape index (κ2) is 9.22. The summed E-state index contributed by atoms with van der Waals surface area (Å²) >= 11 is 0. The lowest BCUT2D eigenvalue weighted by atomic mass is 10.0. The fraction of sp³-hybridized carbons (Fsp3) is 0.500. The van der Waals surface area contributed by atoms with Crippen LogP contribution in [0.2, 0.25) is 0 Å². The average molecular weight is 399 g/mol. The van der Waals surface area contributed by atoms with Crippen LogP contribution in [0.25, 0.3) is 0 Å². The first-order valence-corrected chi connectivity index (χ1v) is 9.96. The van der Waals surface area contributed by atoms with Gasteiger partial charge in [-0.3, -0.25) is 9.69 Å². The number of hydrogen-bond acceptors (Lipinski definition) is 6. The summed E-state index contributed by atoms with van der Waals surface area (Å²) in [6, 6.07) is 9.27. The van der Waals surface area contributed by atoms with Gasteiger partial charge in [-0.05, 0) is 26.3 Å². The molecule has 0 bridgehead atoms. The smallest absolute Gasteiger partial charge is 0.319 e. The molecule has 156 valence electrons. The van der Waals surface area contributed by atoms with E-state index in [4.69, 9.17) is 9.47 Å². The van der Waals surface area contributed by atoms with Crippen molar-refractivity contribution in [1.29, 1.82) is 0 Å². The van der Waals surface area contributed by atoms with Gasteiger partial charge in [0.2, 0.25) is 11.8 Å². The summed E-state index contributed by atoms with van der Waals surface area (Å²) in [5.74, 6) is 0.470. The predicted molar refractivity (Wildman–Crippen MR) is 111 cm³/mol. The Morgan fingerprint density at radius 1 is 1.03 bits per heavy atom. The third kappa shape index (κ3) is 4.85. The van der Waals surface area contributed by atoms with Gasteiger partial charge in [0.25, 0.3) is 0 Å². The number of carbonyl (C=O) groups is 1. The zero-order valence-electron chi connectivity index (χ0n) is 17.9. The number of carbonyl (C=O) groups excluding carboxylic acids is 1. The van der Waals surface area contributed by atoms with Crippen LogP contribution in [-0.4, -0.2) is 66.1 Å². The Morgan fingerprint density at radius 2 is 1.69 bits per heavy atom. The largest absolute Gasteiger partial charge is 0.481 e. The van der Waals surface area contributed by atoms with Gasteiger partial charge in [-0.2, -0.15) is 4.98 Å². The summed E-state index contributed by atoms with van der Waals surface area (Å²) in [6.07, 6.45) is 0.229. The van der Waals surface area contributed by atoms with Gasteiger partial charge in [-0.15, -0.1) is 0 Å². The second-order valence-corrected chi connectivity index (χ2v) is 7.46. The van der Waals surface area contributed by atoms with E-state index in [9.17, 15) is 4.79 Å². The van der Waals surface area contributed by atoms with Crippen molar-refractivity contribution in [2.24, 2.45) is 0 Å². The minimum Gasteiger partial charge on any atom is -0.481 e. The maximum absolute atomic E-state index is 12.9. The van der Waals surface area contributed by atoms with Crippen molar-refractivity contribution in [3.8, 4) is 11.9 Å². The van der Waals surface area contributed by atoms with E-state index < -0.39 is 0 Å². The molecule has 7 heteroatoms. The van der Waals surface area contributed by atoms with Crippen LogP contribution in [0.4, 0.5) is 0 Å². The quantitative estimate of drug-likeness (QED) is 0.745. The lowest BCUT2D eigenvalue weighted by molar-refractivity contribution is -0.132. The van der Waals surface area contributed by atoms with Crippen LogP contribution in [0, 0.1) is 13.8 Å². The van der Waals surface area contributed by atoms with Crippen molar-refractivity contribution in [3.63, 3.8) is 0 Å². The number of benzene rings is 1. The van der Waals surface area contributed by atoms with Crippen molar-refractivity contribution < 1.29 is 14.3 Å². The lowest BCUT2D eigenvalue weighted by Gasteiger charge is -2.38. The molecule has 1 aliphatic heterocycles. The van der Waals surface area contributed by atoms with Crippen LogP contribution in [0.3, 0.4) is 0 Å². The number of methoxy groups -OCH3 is 2.